The van der Waals surface area contributed by atoms with Crippen LogP contribution in [0, 0.1) is 5.92 Å². The van der Waals surface area contributed by atoms with E-state index in [1.54, 1.807) is 20.8 Å². The summed E-state index contributed by atoms with van der Waals surface area (Å²) in [5.74, 6) is -0.996. The molecule has 0 saturated carbocycles. The topological polar surface area (TPSA) is 84.7 Å². The Labute approximate surface area is 161 Å². The molecule has 2 heterocycles. The van der Waals surface area contributed by atoms with Gasteiger partial charge in [-0.15, -0.1) is 0 Å². The van der Waals surface area contributed by atoms with E-state index in [1.807, 2.05) is 0 Å². The lowest BCUT2D eigenvalue weighted by Gasteiger charge is -2.37. The molecule has 1 N–H and O–H groups in total. The van der Waals surface area contributed by atoms with E-state index >= 15 is 0 Å². The Morgan fingerprint density at radius 1 is 1.25 bits per heavy atom. The van der Waals surface area contributed by atoms with Crippen molar-refractivity contribution in [1.29, 1.82) is 0 Å². The number of halogens is 4. The minimum atomic E-state index is -5.01. The van der Waals surface area contributed by atoms with Crippen molar-refractivity contribution in [1.82, 2.24) is 14.7 Å². The zero-order chi connectivity index (χ0) is 21.5. The lowest BCUT2D eigenvalue weighted by molar-refractivity contribution is -0.243. The molecule has 0 radical (unpaired) electrons. The Morgan fingerprint density at radius 2 is 1.79 bits per heavy atom. The molecule has 28 heavy (non-hydrogen) atoms. The summed E-state index contributed by atoms with van der Waals surface area (Å²) in [5, 5.41) is 13.2. The van der Waals surface area contributed by atoms with Crippen molar-refractivity contribution in [3.8, 4) is 0 Å². The molecule has 2 rings (SSSR count). The third-order valence-electron chi connectivity index (χ3n) is 4.38. The Balaban J connectivity index is 2.12. The van der Waals surface area contributed by atoms with E-state index in [1.165, 1.54) is 4.90 Å². The van der Waals surface area contributed by atoms with Gasteiger partial charge in [-0.05, 0) is 33.6 Å². The number of hydrogen-bond acceptors (Lipinski definition) is 6. The summed E-state index contributed by atoms with van der Waals surface area (Å²) in [6.07, 6.45) is -5.48. The number of aliphatic hydroxyl groups excluding tert-OH is 1. The molecule has 12 heteroatoms. The summed E-state index contributed by atoms with van der Waals surface area (Å²) in [5.41, 5.74) is -4.74. The number of likely N-dealkylation sites (tertiary alicyclic amines) is 1. The van der Waals surface area contributed by atoms with E-state index < -0.39 is 50.0 Å². The first-order chi connectivity index (χ1) is 12.6. The molecule has 7 nitrogen and oxygen atoms in total. The van der Waals surface area contributed by atoms with Crippen LogP contribution in [0.15, 0.2) is 11.1 Å². The molecule has 1 aromatic rings. The molecule has 0 spiro atoms. The van der Waals surface area contributed by atoms with Crippen LogP contribution in [0.3, 0.4) is 0 Å². The van der Waals surface area contributed by atoms with Gasteiger partial charge in [0.2, 0.25) is 21.8 Å². The molecule has 0 aromatic carbocycles. The second kappa shape index (κ2) is 7.88. The second-order valence-corrected chi connectivity index (χ2v) is 9.82. The molecular weight excluding hydrogens is 406 g/mol. The average Bonchev–Trinajstić information content (AvgIpc) is 2.96. The van der Waals surface area contributed by atoms with E-state index in [-0.39, 0.29) is 25.9 Å². The van der Waals surface area contributed by atoms with Gasteiger partial charge in [0.05, 0.1) is 5.60 Å². The van der Waals surface area contributed by atoms with Crippen LogP contribution in [0.4, 0.5) is 17.6 Å². The van der Waals surface area contributed by atoms with Gasteiger partial charge >= 0.3 is 6.18 Å². The number of hydrogen-bond donors (Lipinski definition) is 1. The van der Waals surface area contributed by atoms with Crippen LogP contribution in [0.2, 0.25) is 0 Å². The third kappa shape index (κ3) is 5.22. The number of alkyl halides is 4. The normalized spacial score (nSPS) is 20.3. The smallest absolute Gasteiger partial charge is 0.356 e. The number of ether oxygens (including phenoxy) is 1. The van der Waals surface area contributed by atoms with Crippen molar-refractivity contribution in [3.63, 3.8) is 0 Å². The second-order valence-electron chi connectivity index (χ2n) is 7.84. The summed E-state index contributed by atoms with van der Waals surface area (Å²) in [7, 11) is -3.74. The quantitative estimate of drug-likeness (QED) is 0.569. The minimum absolute atomic E-state index is 0.0482. The van der Waals surface area contributed by atoms with E-state index in [0.29, 0.717) is 10.9 Å². The maximum atomic E-state index is 14.8. The molecular formula is C16H25F4N3O4S. The van der Waals surface area contributed by atoms with Gasteiger partial charge in [0.25, 0.3) is 0 Å². The number of piperidine rings is 1. The van der Waals surface area contributed by atoms with Gasteiger partial charge in [0.15, 0.2) is 5.69 Å². The zero-order valence-corrected chi connectivity index (χ0v) is 16.9. The average molecular weight is 431 g/mol. The zero-order valence-electron chi connectivity index (χ0n) is 16.1. The maximum Gasteiger partial charge on any atom is 0.436 e. The highest BCUT2D eigenvalue weighted by atomic mass is 32.2. The van der Waals surface area contributed by atoms with Crippen LogP contribution >= 0.6 is 0 Å². The molecule has 162 valence electrons. The van der Waals surface area contributed by atoms with E-state index in [0.717, 1.165) is 7.05 Å². The first-order valence-electron chi connectivity index (χ1n) is 8.71. The number of aryl methyl sites for hydroxylation is 1. The largest absolute Gasteiger partial charge is 0.436 e. The molecule has 1 aliphatic heterocycles. The van der Waals surface area contributed by atoms with E-state index in [9.17, 15) is 31.1 Å². The highest BCUT2D eigenvalue weighted by Gasteiger charge is 2.46. The first kappa shape index (κ1) is 23.0. The van der Waals surface area contributed by atoms with Gasteiger partial charge in [-0.1, -0.05) is 0 Å². The van der Waals surface area contributed by atoms with E-state index in [2.05, 4.69) is 5.10 Å². The lowest BCUT2D eigenvalue weighted by atomic mass is 9.98. The lowest BCUT2D eigenvalue weighted by Crippen LogP contribution is -2.47. The van der Waals surface area contributed by atoms with Gasteiger partial charge in [-0.3, -0.25) is 9.58 Å². The summed E-state index contributed by atoms with van der Waals surface area (Å²) in [6, 6.07) is 0. The Hall–Kier alpha value is -1.24. The molecule has 1 aromatic heterocycles. The number of sulfone groups is 1. The third-order valence-corrected chi connectivity index (χ3v) is 6.27. The summed E-state index contributed by atoms with van der Waals surface area (Å²) in [4.78, 5) is 0.361. The summed E-state index contributed by atoms with van der Waals surface area (Å²) in [6.45, 7) is 5.55. The molecule has 0 bridgehead atoms. The molecule has 0 aliphatic carbocycles. The molecule has 2 unspecified atom stereocenters. The highest BCUT2D eigenvalue weighted by molar-refractivity contribution is 7.92. The Morgan fingerprint density at radius 3 is 2.25 bits per heavy atom. The fourth-order valence-electron chi connectivity index (χ4n) is 3.04. The molecule has 1 aliphatic rings. The van der Waals surface area contributed by atoms with Crippen LogP contribution in [0.1, 0.15) is 39.3 Å². The fraction of sp³-hybridized carbons (Fsp3) is 0.812. The summed E-state index contributed by atoms with van der Waals surface area (Å²) >= 11 is 0. The Kier molecular flexibility index (Phi) is 6.49. The number of rotatable bonds is 5. The van der Waals surface area contributed by atoms with Crippen molar-refractivity contribution in [3.05, 3.63) is 11.9 Å². The van der Waals surface area contributed by atoms with Crippen LogP contribution < -0.4 is 0 Å². The SMILES string of the molecule is Cn1cc(S(=O)(=O)C(F)C2CCN(C(O)OC(C)(C)C)CC2)c(C(F)(F)F)n1. The number of nitrogens with zero attached hydrogens (tertiary/aromatic N) is 3. The minimum Gasteiger partial charge on any atom is -0.356 e. The summed E-state index contributed by atoms with van der Waals surface area (Å²) < 4.78 is 85.1. The van der Waals surface area contributed by atoms with Crippen molar-refractivity contribution in [2.45, 2.75) is 62.2 Å². The van der Waals surface area contributed by atoms with Crippen LogP contribution in [0.25, 0.3) is 0 Å². The van der Waals surface area contributed by atoms with Crippen LogP contribution in [0.5, 0.6) is 0 Å². The molecule has 0 amide bonds. The van der Waals surface area contributed by atoms with Gasteiger partial charge in [-0.25, -0.2) is 12.8 Å². The fourth-order valence-corrected chi connectivity index (χ4v) is 4.79. The monoisotopic (exact) mass is 431 g/mol. The van der Waals surface area contributed by atoms with Crippen molar-refractivity contribution in [2.24, 2.45) is 13.0 Å². The van der Waals surface area contributed by atoms with Crippen molar-refractivity contribution in [2.75, 3.05) is 13.1 Å². The Bertz CT molecular complexity index is 781. The van der Waals surface area contributed by atoms with Crippen molar-refractivity contribution >= 4 is 9.84 Å². The van der Waals surface area contributed by atoms with Crippen molar-refractivity contribution < 1.29 is 35.8 Å². The van der Waals surface area contributed by atoms with Gasteiger partial charge in [0, 0.05) is 32.3 Å². The first-order valence-corrected chi connectivity index (χ1v) is 10.3. The van der Waals surface area contributed by atoms with Crippen LogP contribution in [-0.2, 0) is 27.8 Å². The van der Waals surface area contributed by atoms with Gasteiger partial charge < -0.3 is 9.84 Å². The molecule has 1 fully saturated rings. The predicted molar refractivity (Wildman–Crippen MR) is 91.4 cm³/mol. The van der Waals surface area contributed by atoms with Gasteiger partial charge in [-0.2, -0.15) is 18.3 Å². The van der Waals surface area contributed by atoms with E-state index in [4.69, 9.17) is 4.74 Å². The highest BCUT2D eigenvalue weighted by Crippen LogP contribution is 2.37. The molecule has 2 atom stereocenters. The number of aromatic nitrogens is 2. The molecule has 1 saturated heterocycles. The van der Waals surface area contributed by atoms with Gasteiger partial charge in [0.1, 0.15) is 4.90 Å². The standard InChI is InChI=1S/C16H25F4N3O4S/c1-15(2,3)27-14(24)23-7-5-10(6-8-23)13(17)28(25,26)11-9-22(4)21-12(11)16(18,19)20/h9-10,13-14,24H,5-8H2,1-4H3. The maximum absolute atomic E-state index is 14.8. The number of aliphatic hydroxyl groups is 1. The predicted octanol–water partition coefficient (Wildman–Crippen LogP) is 2.31. The van der Waals surface area contributed by atoms with Crippen LogP contribution in [-0.4, -0.2) is 58.8 Å².